The van der Waals surface area contributed by atoms with E-state index in [1.54, 1.807) is 4.90 Å². The molecule has 6 heteroatoms. The molecule has 1 aliphatic heterocycles. The number of carboxylic acid groups (broad SMARTS) is 1. The van der Waals surface area contributed by atoms with Crippen molar-refractivity contribution in [2.24, 2.45) is 17.8 Å². The molecule has 1 aliphatic carbocycles. The van der Waals surface area contributed by atoms with E-state index >= 15 is 0 Å². The molecule has 0 spiro atoms. The van der Waals surface area contributed by atoms with Gasteiger partial charge < -0.3 is 14.4 Å². The Morgan fingerprint density at radius 2 is 2.04 bits per heavy atom. The summed E-state index contributed by atoms with van der Waals surface area (Å²) in [6, 6.07) is 7.51. The maximum absolute atomic E-state index is 12.5. The van der Waals surface area contributed by atoms with Crippen molar-refractivity contribution in [3.05, 3.63) is 30.2 Å². The maximum atomic E-state index is 12.5. The average Bonchev–Trinajstić information content (AvgIpc) is 3.17. The predicted octanol–water partition coefficient (Wildman–Crippen LogP) is 2.33. The minimum Gasteiger partial charge on any atom is -0.481 e. The van der Waals surface area contributed by atoms with Crippen LogP contribution in [-0.4, -0.2) is 40.0 Å². The highest BCUT2D eigenvalue weighted by Crippen LogP contribution is 2.44. The number of likely N-dealkylation sites (tertiary alicyclic amines) is 1. The first-order valence-corrected chi connectivity index (χ1v) is 8.47. The number of amides is 1. The largest absolute Gasteiger partial charge is 0.481 e. The van der Waals surface area contributed by atoms with Crippen LogP contribution in [0.4, 0.5) is 0 Å². The average molecular weight is 328 g/mol. The Balaban J connectivity index is 1.38. The van der Waals surface area contributed by atoms with Gasteiger partial charge in [0.15, 0.2) is 11.5 Å². The molecule has 1 saturated heterocycles. The molecule has 2 heterocycles. The zero-order chi connectivity index (χ0) is 16.7. The molecule has 2 fully saturated rings. The fourth-order valence-electron chi connectivity index (χ4n) is 3.69. The Kier molecular flexibility index (Phi) is 3.75. The molecule has 1 saturated carbocycles. The zero-order valence-electron chi connectivity index (χ0n) is 13.4. The van der Waals surface area contributed by atoms with E-state index in [4.69, 9.17) is 4.42 Å². The molecule has 2 atom stereocenters. The van der Waals surface area contributed by atoms with Gasteiger partial charge in [-0.1, -0.05) is 12.1 Å². The number of carbonyl (C=O) groups is 2. The molecular weight excluding hydrogens is 308 g/mol. The number of hydrogen-bond acceptors (Lipinski definition) is 4. The van der Waals surface area contributed by atoms with Crippen LogP contribution in [-0.2, 0) is 16.0 Å². The summed E-state index contributed by atoms with van der Waals surface area (Å²) in [7, 11) is 0. The van der Waals surface area contributed by atoms with Crippen molar-refractivity contribution in [1.82, 2.24) is 9.88 Å². The Morgan fingerprint density at radius 1 is 1.25 bits per heavy atom. The van der Waals surface area contributed by atoms with Gasteiger partial charge >= 0.3 is 5.97 Å². The smallest absolute Gasteiger partial charge is 0.308 e. The highest BCUT2D eigenvalue weighted by molar-refractivity contribution is 5.79. The van der Waals surface area contributed by atoms with Gasteiger partial charge in [0.05, 0.1) is 5.92 Å². The van der Waals surface area contributed by atoms with E-state index in [1.165, 1.54) is 0 Å². The first kappa shape index (κ1) is 15.2. The lowest BCUT2D eigenvalue weighted by Gasteiger charge is -2.15. The summed E-state index contributed by atoms with van der Waals surface area (Å²) in [6.07, 6.45) is 2.94. The number of aromatic nitrogens is 1. The molecule has 0 bridgehead atoms. The van der Waals surface area contributed by atoms with Crippen molar-refractivity contribution in [3.63, 3.8) is 0 Å². The third-order valence-corrected chi connectivity index (χ3v) is 5.15. The van der Waals surface area contributed by atoms with Crippen LogP contribution in [0, 0.1) is 17.8 Å². The first-order valence-electron chi connectivity index (χ1n) is 8.47. The number of oxazole rings is 1. The third kappa shape index (κ3) is 2.88. The number of aliphatic carboxylic acids is 1. The zero-order valence-corrected chi connectivity index (χ0v) is 13.4. The predicted molar refractivity (Wildman–Crippen MR) is 86.2 cm³/mol. The molecule has 0 unspecified atom stereocenters. The van der Waals surface area contributed by atoms with Crippen LogP contribution >= 0.6 is 0 Å². The molecule has 2 aliphatic rings. The van der Waals surface area contributed by atoms with Gasteiger partial charge in [-0.2, -0.15) is 0 Å². The first-order chi connectivity index (χ1) is 11.6. The van der Waals surface area contributed by atoms with Crippen LogP contribution in [0.2, 0.25) is 0 Å². The van der Waals surface area contributed by atoms with E-state index in [0.29, 0.717) is 37.7 Å². The SMILES string of the molecule is O=C(O)[C@H]1CN(C(=O)CCc2nc3ccccc3o2)C[C@@H]1C1CC1. The normalized spacial score (nSPS) is 23.8. The van der Waals surface area contributed by atoms with Gasteiger partial charge in [0.2, 0.25) is 5.91 Å². The Bertz CT molecular complexity index is 747. The highest BCUT2D eigenvalue weighted by Gasteiger charge is 2.46. The van der Waals surface area contributed by atoms with E-state index in [-0.39, 0.29) is 11.8 Å². The molecule has 4 rings (SSSR count). The standard InChI is InChI=1S/C18H20N2O4/c21-17(8-7-16-19-14-3-1-2-4-15(14)24-16)20-9-12(11-5-6-11)13(10-20)18(22)23/h1-4,11-13H,5-10H2,(H,22,23)/t12-,13+/m1/s1. The second kappa shape index (κ2) is 5.92. The number of fused-ring (bicyclic) bond motifs is 1. The number of benzene rings is 1. The summed E-state index contributed by atoms with van der Waals surface area (Å²) < 4.78 is 5.63. The van der Waals surface area contributed by atoms with Gasteiger partial charge in [0.1, 0.15) is 5.52 Å². The van der Waals surface area contributed by atoms with Crippen molar-refractivity contribution < 1.29 is 19.1 Å². The Morgan fingerprint density at radius 3 is 2.75 bits per heavy atom. The van der Waals surface area contributed by atoms with Crippen LogP contribution in [0.15, 0.2) is 28.7 Å². The second-order valence-electron chi connectivity index (χ2n) is 6.82. The van der Waals surface area contributed by atoms with Crippen LogP contribution in [0.25, 0.3) is 11.1 Å². The second-order valence-corrected chi connectivity index (χ2v) is 6.82. The molecule has 24 heavy (non-hydrogen) atoms. The molecule has 2 aromatic rings. The Hall–Kier alpha value is -2.37. The van der Waals surface area contributed by atoms with Gasteiger partial charge in [-0.25, -0.2) is 4.98 Å². The number of carboxylic acids is 1. The molecular formula is C18H20N2O4. The number of rotatable bonds is 5. The van der Waals surface area contributed by atoms with E-state index in [2.05, 4.69) is 4.98 Å². The fraction of sp³-hybridized carbons (Fsp3) is 0.500. The van der Waals surface area contributed by atoms with Crippen LogP contribution in [0.3, 0.4) is 0 Å². The molecule has 1 N–H and O–H groups in total. The van der Waals surface area contributed by atoms with Crippen molar-refractivity contribution >= 4 is 23.0 Å². The Labute approximate surface area is 139 Å². The minimum absolute atomic E-state index is 0.00773. The topological polar surface area (TPSA) is 83.6 Å². The summed E-state index contributed by atoms with van der Waals surface area (Å²) in [4.78, 5) is 30.0. The van der Waals surface area contributed by atoms with Gasteiger partial charge in [-0.15, -0.1) is 0 Å². The van der Waals surface area contributed by atoms with E-state index in [0.717, 1.165) is 23.9 Å². The van der Waals surface area contributed by atoms with Crippen LogP contribution < -0.4 is 0 Å². The van der Waals surface area contributed by atoms with E-state index < -0.39 is 11.9 Å². The molecule has 1 aromatic heterocycles. The lowest BCUT2D eigenvalue weighted by atomic mass is 9.92. The monoisotopic (exact) mass is 328 g/mol. The van der Waals surface area contributed by atoms with Gasteiger partial charge in [-0.3, -0.25) is 9.59 Å². The number of nitrogens with zero attached hydrogens (tertiary/aromatic N) is 2. The van der Waals surface area contributed by atoms with E-state index in [9.17, 15) is 14.7 Å². The molecule has 1 amide bonds. The van der Waals surface area contributed by atoms with Gasteiger partial charge in [0, 0.05) is 25.9 Å². The highest BCUT2D eigenvalue weighted by atomic mass is 16.4. The molecule has 1 aromatic carbocycles. The summed E-state index contributed by atoms with van der Waals surface area (Å²) in [5.41, 5.74) is 1.52. The van der Waals surface area contributed by atoms with Crippen molar-refractivity contribution in [1.29, 1.82) is 0 Å². The van der Waals surface area contributed by atoms with Gasteiger partial charge in [-0.05, 0) is 36.8 Å². The molecule has 0 radical (unpaired) electrons. The lowest BCUT2D eigenvalue weighted by molar-refractivity contribution is -0.142. The van der Waals surface area contributed by atoms with Crippen LogP contribution in [0.1, 0.15) is 25.2 Å². The van der Waals surface area contributed by atoms with Gasteiger partial charge in [0.25, 0.3) is 0 Å². The maximum Gasteiger partial charge on any atom is 0.308 e. The minimum atomic E-state index is -0.777. The number of hydrogen-bond donors (Lipinski definition) is 1. The molecule has 6 nitrogen and oxygen atoms in total. The quantitative estimate of drug-likeness (QED) is 0.910. The van der Waals surface area contributed by atoms with Crippen LogP contribution in [0.5, 0.6) is 0 Å². The van der Waals surface area contributed by atoms with Crippen molar-refractivity contribution in [2.75, 3.05) is 13.1 Å². The van der Waals surface area contributed by atoms with E-state index in [1.807, 2.05) is 24.3 Å². The summed E-state index contributed by atoms with van der Waals surface area (Å²) in [5, 5.41) is 9.39. The number of aryl methyl sites for hydroxylation is 1. The number of carbonyl (C=O) groups excluding carboxylic acids is 1. The molecule has 126 valence electrons. The van der Waals surface area contributed by atoms with Crippen molar-refractivity contribution in [3.8, 4) is 0 Å². The lowest BCUT2D eigenvalue weighted by Crippen LogP contribution is -2.30. The summed E-state index contributed by atoms with van der Waals surface area (Å²) >= 11 is 0. The summed E-state index contributed by atoms with van der Waals surface area (Å²) in [6.45, 7) is 0.914. The fourth-order valence-corrected chi connectivity index (χ4v) is 3.69. The summed E-state index contributed by atoms with van der Waals surface area (Å²) in [5.74, 6) is -0.0347. The number of para-hydroxylation sites is 2. The third-order valence-electron chi connectivity index (χ3n) is 5.15. The van der Waals surface area contributed by atoms with Crippen molar-refractivity contribution in [2.45, 2.75) is 25.7 Å².